The van der Waals surface area contributed by atoms with Crippen LogP contribution in [-0.2, 0) is 10.0 Å². The first-order valence-electron chi connectivity index (χ1n) is 10.1. The third-order valence-corrected chi connectivity index (χ3v) is 7.48. The van der Waals surface area contributed by atoms with Gasteiger partial charge in [0.1, 0.15) is 17.3 Å². The molecule has 3 rings (SSSR count). The van der Waals surface area contributed by atoms with E-state index in [9.17, 15) is 13.2 Å². The molecule has 6 nitrogen and oxygen atoms in total. The fraction of sp³-hybridized carbons (Fsp3) is 0.409. The number of rotatable bonds is 7. The van der Waals surface area contributed by atoms with E-state index in [-0.39, 0.29) is 21.4 Å². The summed E-state index contributed by atoms with van der Waals surface area (Å²) in [6, 6.07) is 10.2. The molecule has 0 unspecified atom stereocenters. The minimum Gasteiger partial charge on any atom is -0.491 e. The Morgan fingerprint density at radius 2 is 1.83 bits per heavy atom. The maximum absolute atomic E-state index is 12.9. The summed E-state index contributed by atoms with van der Waals surface area (Å²) in [5.74, 6) is 0.405. The van der Waals surface area contributed by atoms with Crippen molar-refractivity contribution >= 4 is 27.5 Å². The summed E-state index contributed by atoms with van der Waals surface area (Å²) in [7, 11) is -3.72. The van der Waals surface area contributed by atoms with Crippen molar-refractivity contribution in [2.24, 2.45) is 0 Å². The molecule has 0 saturated carbocycles. The minimum atomic E-state index is -3.72. The van der Waals surface area contributed by atoms with Crippen LogP contribution in [0.15, 0.2) is 41.3 Å². The fourth-order valence-corrected chi connectivity index (χ4v) is 5.49. The lowest BCUT2D eigenvalue weighted by Crippen LogP contribution is -2.36. The van der Waals surface area contributed by atoms with Gasteiger partial charge in [-0.2, -0.15) is 4.31 Å². The van der Waals surface area contributed by atoms with Gasteiger partial charge >= 0.3 is 0 Å². The second-order valence-corrected chi connectivity index (χ2v) is 9.80. The van der Waals surface area contributed by atoms with Crippen LogP contribution in [0.5, 0.6) is 5.75 Å². The number of carbonyl (C=O) groups excluding carboxylic acids is 1. The van der Waals surface area contributed by atoms with E-state index in [0.29, 0.717) is 26.2 Å². The van der Waals surface area contributed by atoms with Gasteiger partial charge in [-0.1, -0.05) is 35.7 Å². The standard InChI is InChI=1S/C22H27ClN2O4S/c1-16-6-9-20(17(2)14-16)29-13-10-24-22(26)18-7-8-19(23)21(15-18)30(27,28)25-11-4-3-5-12-25/h6-9,14-15H,3-5,10-13H2,1-2H3,(H,24,26). The Bertz CT molecular complexity index is 1020. The SMILES string of the molecule is Cc1ccc(OCCNC(=O)c2ccc(Cl)c(S(=O)(=O)N3CCCCC3)c2)c(C)c1. The molecule has 1 heterocycles. The predicted molar refractivity (Wildman–Crippen MR) is 118 cm³/mol. The van der Waals surface area contributed by atoms with Crippen LogP contribution in [0.25, 0.3) is 0 Å². The van der Waals surface area contributed by atoms with E-state index in [2.05, 4.69) is 5.32 Å². The molecule has 30 heavy (non-hydrogen) atoms. The van der Waals surface area contributed by atoms with E-state index in [0.717, 1.165) is 36.1 Å². The van der Waals surface area contributed by atoms with E-state index in [1.807, 2.05) is 32.0 Å². The topological polar surface area (TPSA) is 75.7 Å². The molecular formula is C22H27ClN2O4S. The van der Waals surface area contributed by atoms with E-state index < -0.39 is 10.0 Å². The Morgan fingerprint density at radius 1 is 1.10 bits per heavy atom. The van der Waals surface area contributed by atoms with E-state index in [1.54, 1.807) is 0 Å². The molecule has 1 aliphatic rings. The molecule has 1 amide bonds. The van der Waals surface area contributed by atoms with Gasteiger partial charge in [0.15, 0.2) is 0 Å². The highest BCUT2D eigenvalue weighted by Gasteiger charge is 2.28. The monoisotopic (exact) mass is 450 g/mol. The van der Waals surface area contributed by atoms with Crippen LogP contribution in [0.2, 0.25) is 5.02 Å². The van der Waals surface area contributed by atoms with Crippen molar-refractivity contribution in [2.75, 3.05) is 26.2 Å². The number of sulfonamides is 1. The summed E-state index contributed by atoms with van der Waals surface area (Å²) in [4.78, 5) is 12.5. The van der Waals surface area contributed by atoms with Crippen molar-refractivity contribution in [3.8, 4) is 5.75 Å². The molecule has 1 N–H and O–H groups in total. The maximum Gasteiger partial charge on any atom is 0.251 e. The van der Waals surface area contributed by atoms with Gasteiger partial charge in [0.25, 0.3) is 5.91 Å². The molecule has 0 spiro atoms. The van der Waals surface area contributed by atoms with E-state index in [1.165, 1.54) is 22.5 Å². The van der Waals surface area contributed by atoms with Crippen LogP contribution in [0.1, 0.15) is 40.7 Å². The molecule has 0 aliphatic carbocycles. The van der Waals surface area contributed by atoms with E-state index >= 15 is 0 Å². The van der Waals surface area contributed by atoms with Crippen LogP contribution >= 0.6 is 11.6 Å². The molecule has 1 fully saturated rings. The van der Waals surface area contributed by atoms with Crippen molar-refractivity contribution in [2.45, 2.75) is 38.0 Å². The summed E-state index contributed by atoms with van der Waals surface area (Å²) in [6.07, 6.45) is 2.68. The second kappa shape index (κ2) is 9.81. The number of nitrogens with one attached hydrogen (secondary N) is 1. The molecule has 8 heteroatoms. The number of hydrogen-bond acceptors (Lipinski definition) is 4. The third-order valence-electron chi connectivity index (χ3n) is 5.10. The lowest BCUT2D eigenvalue weighted by atomic mass is 10.1. The quantitative estimate of drug-likeness (QED) is 0.648. The number of piperidine rings is 1. The average Bonchev–Trinajstić information content (AvgIpc) is 2.73. The molecule has 2 aromatic rings. The maximum atomic E-state index is 12.9. The number of amides is 1. The first kappa shape index (κ1) is 22.6. The zero-order chi connectivity index (χ0) is 21.7. The highest BCUT2D eigenvalue weighted by Crippen LogP contribution is 2.28. The van der Waals surface area contributed by atoms with Gasteiger partial charge in [-0.25, -0.2) is 8.42 Å². The van der Waals surface area contributed by atoms with Gasteiger partial charge in [-0.3, -0.25) is 4.79 Å². The molecule has 0 bridgehead atoms. The number of hydrogen-bond donors (Lipinski definition) is 1. The fourth-order valence-electron chi connectivity index (χ4n) is 3.48. The van der Waals surface area contributed by atoms with Gasteiger partial charge in [-0.15, -0.1) is 0 Å². The van der Waals surface area contributed by atoms with Crippen molar-refractivity contribution in [1.82, 2.24) is 9.62 Å². The van der Waals surface area contributed by atoms with Gasteiger partial charge in [-0.05, 0) is 56.5 Å². The summed E-state index contributed by atoms with van der Waals surface area (Å²) >= 11 is 6.17. The lowest BCUT2D eigenvalue weighted by molar-refractivity contribution is 0.0946. The summed E-state index contributed by atoms with van der Waals surface area (Å²) in [6.45, 7) is 5.54. The molecule has 0 aromatic heterocycles. The van der Waals surface area contributed by atoms with Gasteiger partial charge in [0.2, 0.25) is 10.0 Å². The lowest BCUT2D eigenvalue weighted by Gasteiger charge is -2.26. The molecule has 162 valence electrons. The second-order valence-electron chi connectivity index (χ2n) is 7.48. The molecule has 0 atom stereocenters. The van der Waals surface area contributed by atoms with Gasteiger partial charge in [0, 0.05) is 18.7 Å². The number of carbonyl (C=O) groups is 1. The molecule has 1 aliphatic heterocycles. The normalized spacial score (nSPS) is 15.0. The smallest absolute Gasteiger partial charge is 0.251 e. The largest absolute Gasteiger partial charge is 0.491 e. The van der Waals surface area contributed by atoms with Crippen molar-refractivity contribution < 1.29 is 17.9 Å². The van der Waals surface area contributed by atoms with Crippen molar-refractivity contribution in [1.29, 1.82) is 0 Å². The van der Waals surface area contributed by atoms with Gasteiger partial charge in [0.05, 0.1) is 11.6 Å². The average molecular weight is 451 g/mol. The zero-order valence-corrected chi connectivity index (χ0v) is 18.9. The third kappa shape index (κ3) is 5.33. The Hall–Kier alpha value is -2.09. The first-order valence-corrected chi connectivity index (χ1v) is 11.9. The molecular weight excluding hydrogens is 424 g/mol. The Labute approximate surface area is 183 Å². The summed E-state index contributed by atoms with van der Waals surface area (Å²) in [5, 5.41) is 2.88. The number of ether oxygens (including phenoxy) is 1. The Balaban J connectivity index is 1.63. The predicted octanol–water partition coefficient (Wildman–Crippen LogP) is 3.94. The first-order chi connectivity index (χ1) is 14.3. The highest BCUT2D eigenvalue weighted by molar-refractivity contribution is 7.89. The van der Waals surface area contributed by atoms with Crippen LogP contribution in [0.3, 0.4) is 0 Å². The molecule has 1 saturated heterocycles. The minimum absolute atomic E-state index is 0.0229. The van der Waals surface area contributed by atoms with Gasteiger partial charge < -0.3 is 10.1 Å². The van der Waals surface area contributed by atoms with Crippen molar-refractivity contribution in [3.05, 3.63) is 58.1 Å². The van der Waals surface area contributed by atoms with Crippen LogP contribution < -0.4 is 10.1 Å². The van der Waals surface area contributed by atoms with Crippen LogP contribution in [0, 0.1) is 13.8 Å². The number of benzene rings is 2. The highest BCUT2D eigenvalue weighted by atomic mass is 35.5. The Morgan fingerprint density at radius 3 is 2.53 bits per heavy atom. The number of halogens is 1. The van der Waals surface area contributed by atoms with Crippen LogP contribution in [-0.4, -0.2) is 44.9 Å². The summed E-state index contributed by atoms with van der Waals surface area (Å²) < 4.78 is 33.0. The molecule has 2 aromatic carbocycles. The van der Waals surface area contributed by atoms with Crippen LogP contribution in [0.4, 0.5) is 0 Å². The van der Waals surface area contributed by atoms with Crippen molar-refractivity contribution in [3.63, 3.8) is 0 Å². The molecule has 0 radical (unpaired) electrons. The zero-order valence-electron chi connectivity index (χ0n) is 17.3. The van der Waals surface area contributed by atoms with E-state index in [4.69, 9.17) is 16.3 Å². The Kier molecular flexibility index (Phi) is 7.39. The number of nitrogens with zero attached hydrogens (tertiary/aromatic N) is 1. The number of aryl methyl sites for hydroxylation is 2. The summed E-state index contributed by atoms with van der Waals surface area (Å²) in [5.41, 5.74) is 2.44.